The van der Waals surface area contributed by atoms with Crippen LogP contribution in [0.2, 0.25) is 0 Å². The standard InChI is InChI=1S/C13H14BrN3O2/c1-18-8-4-5-10(14)9(7-8)13-16-12(17-19-13)11-3-2-6-15-11/h4-5,7,11,15H,2-3,6H2,1H3. The molecule has 2 aromatic rings. The van der Waals surface area contributed by atoms with Gasteiger partial charge in [-0.1, -0.05) is 5.16 Å². The zero-order valence-electron chi connectivity index (χ0n) is 10.5. The molecule has 1 aromatic carbocycles. The molecule has 3 rings (SSSR count). The summed E-state index contributed by atoms with van der Waals surface area (Å²) >= 11 is 3.49. The van der Waals surface area contributed by atoms with Crippen molar-refractivity contribution in [1.29, 1.82) is 0 Å². The number of halogens is 1. The fraction of sp³-hybridized carbons (Fsp3) is 0.385. The fourth-order valence-electron chi connectivity index (χ4n) is 2.19. The van der Waals surface area contributed by atoms with E-state index in [1.807, 2.05) is 18.2 Å². The Bertz CT molecular complexity index is 579. The number of benzene rings is 1. The van der Waals surface area contributed by atoms with E-state index in [0.29, 0.717) is 5.89 Å². The molecule has 1 aliphatic rings. The van der Waals surface area contributed by atoms with Gasteiger partial charge in [-0.25, -0.2) is 0 Å². The number of nitrogens with one attached hydrogen (secondary N) is 1. The van der Waals surface area contributed by atoms with Crippen LogP contribution in [0, 0.1) is 0 Å². The minimum Gasteiger partial charge on any atom is -0.497 e. The van der Waals surface area contributed by atoms with Gasteiger partial charge >= 0.3 is 0 Å². The SMILES string of the molecule is COc1ccc(Br)c(-c2nc(C3CCCN3)no2)c1. The van der Waals surface area contributed by atoms with Crippen LogP contribution in [0.5, 0.6) is 5.75 Å². The summed E-state index contributed by atoms with van der Waals surface area (Å²) in [5.74, 6) is 1.99. The van der Waals surface area contributed by atoms with Gasteiger partial charge in [0.15, 0.2) is 5.82 Å². The van der Waals surface area contributed by atoms with Crippen LogP contribution in [0.25, 0.3) is 11.5 Å². The Morgan fingerprint density at radius 3 is 3.11 bits per heavy atom. The zero-order valence-corrected chi connectivity index (χ0v) is 12.1. The van der Waals surface area contributed by atoms with Gasteiger partial charge in [0.2, 0.25) is 0 Å². The van der Waals surface area contributed by atoms with Crippen molar-refractivity contribution in [3.8, 4) is 17.2 Å². The summed E-state index contributed by atoms with van der Waals surface area (Å²) in [7, 11) is 1.63. The third-order valence-corrected chi connectivity index (χ3v) is 3.91. The largest absolute Gasteiger partial charge is 0.497 e. The van der Waals surface area contributed by atoms with Gasteiger partial charge in [0.05, 0.1) is 18.7 Å². The molecule has 100 valence electrons. The maximum Gasteiger partial charge on any atom is 0.259 e. The van der Waals surface area contributed by atoms with E-state index in [1.165, 1.54) is 0 Å². The van der Waals surface area contributed by atoms with E-state index < -0.39 is 0 Å². The van der Waals surface area contributed by atoms with E-state index in [9.17, 15) is 0 Å². The zero-order chi connectivity index (χ0) is 13.2. The number of methoxy groups -OCH3 is 1. The predicted octanol–water partition coefficient (Wildman–Crippen LogP) is 2.93. The molecular weight excluding hydrogens is 310 g/mol. The summed E-state index contributed by atoms with van der Waals surface area (Å²) < 4.78 is 11.5. The quantitative estimate of drug-likeness (QED) is 0.941. The average Bonchev–Trinajstić information content (AvgIpc) is 3.10. The normalized spacial score (nSPS) is 18.7. The van der Waals surface area contributed by atoms with Gasteiger partial charge in [-0.2, -0.15) is 4.98 Å². The third kappa shape index (κ3) is 2.50. The van der Waals surface area contributed by atoms with E-state index >= 15 is 0 Å². The molecule has 2 heterocycles. The van der Waals surface area contributed by atoms with E-state index in [4.69, 9.17) is 9.26 Å². The summed E-state index contributed by atoms with van der Waals surface area (Å²) in [6.07, 6.45) is 2.20. The summed E-state index contributed by atoms with van der Waals surface area (Å²) in [5, 5.41) is 7.41. The highest BCUT2D eigenvalue weighted by molar-refractivity contribution is 9.10. The second kappa shape index (κ2) is 5.30. The fourth-order valence-corrected chi connectivity index (χ4v) is 2.60. The van der Waals surface area contributed by atoms with E-state index in [0.717, 1.165) is 41.0 Å². The molecule has 1 aliphatic heterocycles. The summed E-state index contributed by atoms with van der Waals surface area (Å²) in [4.78, 5) is 4.47. The first-order chi connectivity index (χ1) is 9.28. The van der Waals surface area contributed by atoms with Crippen LogP contribution in [-0.4, -0.2) is 23.8 Å². The van der Waals surface area contributed by atoms with Crippen molar-refractivity contribution < 1.29 is 9.26 Å². The van der Waals surface area contributed by atoms with Crippen LogP contribution in [0.1, 0.15) is 24.7 Å². The molecule has 0 saturated carbocycles. The molecule has 0 radical (unpaired) electrons. The average molecular weight is 324 g/mol. The number of hydrogen-bond acceptors (Lipinski definition) is 5. The smallest absolute Gasteiger partial charge is 0.259 e. The molecule has 0 bridgehead atoms. The van der Waals surface area contributed by atoms with Crippen LogP contribution in [-0.2, 0) is 0 Å². The number of rotatable bonds is 3. The first-order valence-electron chi connectivity index (χ1n) is 6.19. The van der Waals surface area contributed by atoms with E-state index in [-0.39, 0.29) is 6.04 Å². The maximum atomic E-state index is 5.36. The van der Waals surface area contributed by atoms with Crippen LogP contribution in [0.3, 0.4) is 0 Å². The Morgan fingerprint density at radius 2 is 2.37 bits per heavy atom. The molecule has 1 saturated heterocycles. The molecule has 1 fully saturated rings. The molecule has 0 aliphatic carbocycles. The number of ether oxygens (including phenoxy) is 1. The molecular formula is C13H14BrN3O2. The third-order valence-electron chi connectivity index (χ3n) is 3.22. The Balaban J connectivity index is 1.93. The summed E-state index contributed by atoms with van der Waals surface area (Å²) in [6, 6.07) is 5.88. The lowest BCUT2D eigenvalue weighted by Gasteiger charge is -2.03. The molecule has 6 heteroatoms. The lowest BCUT2D eigenvalue weighted by atomic mass is 10.2. The van der Waals surface area contributed by atoms with Gasteiger partial charge < -0.3 is 14.6 Å². The summed E-state index contributed by atoms with van der Waals surface area (Å²) in [5.41, 5.74) is 0.844. The highest BCUT2D eigenvalue weighted by Gasteiger charge is 2.22. The van der Waals surface area contributed by atoms with Crippen LogP contribution in [0.4, 0.5) is 0 Å². The highest BCUT2D eigenvalue weighted by atomic mass is 79.9. The Morgan fingerprint density at radius 1 is 1.47 bits per heavy atom. The van der Waals surface area contributed by atoms with Crippen molar-refractivity contribution in [3.05, 3.63) is 28.5 Å². The highest BCUT2D eigenvalue weighted by Crippen LogP contribution is 2.32. The van der Waals surface area contributed by atoms with Crippen LogP contribution in [0.15, 0.2) is 27.2 Å². The predicted molar refractivity (Wildman–Crippen MR) is 74.0 cm³/mol. The van der Waals surface area contributed by atoms with Crippen molar-refractivity contribution in [3.63, 3.8) is 0 Å². The molecule has 5 nitrogen and oxygen atoms in total. The lowest BCUT2D eigenvalue weighted by molar-refractivity contribution is 0.408. The van der Waals surface area contributed by atoms with Crippen molar-refractivity contribution in [2.24, 2.45) is 0 Å². The number of hydrogen-bond donors (Lipinski definition) is 1. The Kier molecular flexibility index (Phi) is 3.52. The molecule has 1 atom stereocenters. The molecule has 0 spiro atoms. The van der Waals surface area contributed by atoms with Crippen molar-refractivity contribution in [2.45, 2.75) is 18.9 Å². The number of aromatic nitrogens is 2. The van der Waals surface area contributed by atoms with Gasteiger partial charge in [-0.3, -0.25) is 0 Å². The molecule has 0 amide bonds. The van der Waals surface area contributed by atoms with Gasteiger partial charge in [-0.05, 0) is 53.5 Å². The van der Waals surface area contributed by atoms with E-state index in [1.54, 1.807) is 7.11 Å². The molecule has 1 N–H and O–H groups in total. The van der Waals surface area contributed by atoms with E-state index in [2.05, 4.69) is 31.4 Å². The van der Waals surface area contributed by atoms with Gasteiger partial charge in [0.1, 0.15) is 5.75 Å². The molecule has 1 unspecified atom stereocenters. The topological polar surface area (TPSA) is 60.2 Å². The number of nitrogens with zero attached hydrogens (tertiary/aromatic N) is 2. The second-order valence-corrected chi connectivity index (χ2v) is 5.31. The molecule has 19 heavy (non-hydrogen) atoms. The van der Waals surface area contributed by atoms with Crippen LogP contribution < -0.4 is 10.1 Å². The first kappa shape index (κ1) is 12.6. The Hall–Kier alpha value is -1.40. The monoisotopic (exact) mass is 323 g/mol. The first-order valence-corrected chi connectivity index (χ1v) is 6.98. The van der Waals surface area contributed by atoms with Gasteiger partial charge in [0.25, 0.3) is 5.89 Å². The minimum absolute atomic E-state index is 0.210. The lowest BCUT2D eigenvalue weighted by Crippen LogP contribution is -2.14. The van der Waals surface area contributed by atoms with Gasteiger partial charge in [0, 0.05) is 4.47 Å². The minimum atomic E-state index is 0.210. The Labute approximate surface area is 119 Å². The maximum absolute atomic E-state index is 5.36. The van der Waals surface area contributed by atoms with Gasteiger partial charge in [-0.15, -0.1) is 0 Å². The van der Waals surface area contributed by atoms with Crippen molar-refractivity contribution in [2.75, 3.05) is 13.7 Å². The van der Waals surface area contributed by atoms with Crippen LogP contribution >= 0.6 is 15.9 Å². The summed E-state index contributed by atoms with van der Waals surface area (Å²) in [6.45, 7) is 1.01. The second-order valence-electron chi connectivity index (χ2n) is 4.45. The molecule has 1 aromatic heterocycles. The van der Waals surface area contributed by atoms with Crippen molar-refractivity contribution >= 4 is 15.9 Å². The van der Waals surface area contributed by atoms with Crippen molar-refractivity contribution in [1.82, 2.24) is 15.5 Å².